The molecule has 2 aromatic heterocycles. The van der Waals surface area contributed by atoms with Gasteiger partial charge in [-0.25, -0.2) is 0 Å². The zero-order valence-electron chi connectivity index (χ0n) is 11.4. The summed E-state index contributed by atoms with van der Waals surface area (Å²) in [6.07, 6.45) is 4.24. The minimum Gasteiger partial charge on any atom is -0.411 e. The van der Waals surface area contributed by atoms with Crippen LogP contribution in [0.4, 0.5) is 0 Å². The molecule has 2 heterocycles. The van der Waals surface area contributed by atoms with E-state index in [1.165, 1.54) is 11.8 Å². The van der Waals surface area contributed by atoms with Crippen molar-refractivity contribution in [1.82, 2.24) is 20.5 Å². The van der Waals surface area contributed by atoms with Gasteiger partial charge in [0.25, 0.3) is 5.22 Å². The van der Waals surface area contributed by atoms with Crippen LogP contribution in [0.1, 0.15) is 20.3 Å². The minimum atomic E-state index is -0.274. The zero-order chi connectivity index (χ0) is 14.4. The van der Waals surface area contributed by atoms with Crippen LogP contribution < -0.4 is 5.32 Å². The van der Waals surface area contributed by atoms with E-state index in [1.807, 2.05) is 19.9 Å². The number of pyridine rings is 1. The maximum atomic E-state index is 11.8. The highest BCUT2D eigenvalue weighted by Crippen LogP contribution is 2.25. The first-order valence-corrected chi connectivity index (χ1v) is 7.27. The Bertz CT molecular complexity index is 559. The molecule has 106 valence electrons. The predicted octanol–water partition coefficient (Wildman–Crippen LogP) is 2.14. The van der Waals surface area contributed by atoms with Crippen molar-refractivity contribution in [2.75, 3.05) is 6.54 Å². The zero-order valence-corrected chi connectivity index (χ0v) is 12.2. The standard InChI is InChI=1S/C13H16N4O2S/c1-3-6-15-11(18)9(2)20-13-17-16-12(19-13)10-5-4-7-14-8-10/h4-5,7-9H,3,6H2,1-2H3,(H,15,18)/t9-/m1/s1. The molecule has 1 atom stereocenters. The third kappa shape index (κ3) is 3.80. The van der Waals surface area contributed by atoms with Crippen molar-refractivity contribution in [2.45, 2.75) is 30.7 Å². The number of aromatic nitrogens is 3. The van der Waals surface area contributed by atoms with Gasteiger partial charge in [0.1, 0.15) is 0 Å². The second kappa shape index (κ2) is 7.04. The summed E-state index contributed by atoms with van der Waals surface area (Å²) in [5, 5.41) is 10.8. The smallest absolute Gasteiger partial charge is 0.277 e. The number of carbonyl (C=O) groups is 1. The number of carbonyl (C=O) groups excluding carboxylic acids is 1. The molecule has 20 heavy (non-hydrogen) atoms. The number of thioether (sulfide) groups is 1. The summed E-state index contributed by atoms with van der Waals surface area (Å²) in [7, 11) is 0. The predicted molar refractivity (Wildman–Crippen MR) is 76.1 cm³/mol. The Hall–Kier alpha value is -1.89. The molecule has 0 saturated carbocycles. The van der Waals surface area contributed by atoms with Crippen LogP contribution in [0.5, 0.6) is 0 Å². The lowest BCUT2D eigenvalue weighted by Crippen LogP contribution is -2.31. The van der Waals surface area contributed by atoms with Gasteiger partial charge in [-0.05, 0) is 25.5 Å². The van der Waals surface area contributed by atoms with Crippen molar-refractivity contribution < 1.29 is 9.21 Å². The summed E-state index contributed by atoms with van der Waals surface area (Å²) in [6.45, 7) is 4.49. The summed E-state index contributed by atoms with van der Waals surface area (Å²) in [5.41, 5.74) is 0.759. The van der Waals surface area contributed by atoms with Crippen molar-refractivity contribution in [3.63, 3.8) is 0 Å². The minimum absolute atomic E-state index is 0.0297. The van der Waals surface area contributed by atoms with Gasteiger partial charge in [-0.3, -0.25) is 9.78 Å². The third-order valence-electron chi connectivity index (χ3n) is 2.51. The van der Waals surface area contributed by atoms with Crippen LogP contribution in [0.25, 0.3) is 11.5 Å². The maximum Gasteiger partial charge on any atom is 0.277 e. The SMILES string of the molecule is CCCNC(=O)[C@@H](C)Sc1nnc(-c2cccnc2)o1. The van der Waals surface area contributed by atoms with E-state index < -0.39 is 0 Å². The Morgan fingerprint density at radius 3 is 3.05 bits per heavy atom. The van der Waals surface area contributed by atoms with Gasteiger partial charge in [0.2, 0.25) is 11.8 Å². The quantitative estimate of drug-likeness (QED) is 0.822. The van der Waals surface area contributed by atoms with E-state index in [0.717, 1.165) is 12.0 Å². The second-order valence-electron chi connectivity index (χ2n) is 4.17. The first-order valence-electron chi connectivity index (χ1n) is 6.39. The highest BCUT2D eigenvalue weighted by molar-refractivity contribution is 8.00. The van der Waals surface area contributed by atoms with Crippen LogP contribution in [-0.4, -0.2) is 32.9 Å². The van der Waals surface area contributed by atoms with Crippen molar-refractivity contribution in [3.8, 4) is 11.5 Å². The molecule has 0 spiro atoms. The van der Waals surface area contributed by atoms with Crippen LogP contribution >= 0.6 is 11.8 Å². The molecule has 0 bridgehead atoms. The van der Waals surface area contributed by atoms with Crippen molar-refractivity contribution in [1.29, 1.82) is 0 Å². The van der Waals surface area contributed by atoms with Crippen LogP contribution in [0.2, 0.25) is 0 Å². The lowest BCUT2D eigenvalue weighted by atomic mass is 10.3. The number of nitrogens with one attached hydrogen (secondary N) is 1. The topological polar surface area (TPSA) is 80.9 Å². The molecule has 0 aliphatic rings. The molecule has 2 aromatic rings. The largest absolute Gasteiger partial charge is 0.411 e. The van der Waals surface area contributed by atoms with Crippen molar-refractivity contribution in [2.24, 2.45) is 0 Å². The molecule has 7 heteroatoms. The van der Waals surface area contributed by atoms with E-state index in [0.29, 0.717) is 17.7 Å². The van der Waals surface area contributed by atoms with Crippen LogP contribution in [0.3, 0.4) is 0 Å². The fourth-order valence-corrected chi connectivity index (χ4v) is 2.17. The van der Waals surface area contributed by atoms with Gasteiger partial charge in [-0.1, -0.05) is 18.7 Å². The molecule has 0 saturated heterocycles. The Morgan fingerprint density at radius 1 is 1.50 bits per heavy atom. The van der Waals surface area contributed by atoms with Gasteiger partial charge in [0.15, 0.2) is 0 Å². The van der Waals surface area contributed by atoms with Crippen LogP contribution in [-0.2, 0) is 4.79 Å². The van der Waals surface area contributed by atoms with E-state index in [9.17, 15) is 4.79 Å². The van der Waals surface area contributed by atoms with Gasteiger partial charge in [0.05, 0.1) is 10.8 Å². The Morgan fingerprint density at radius 2 is 2.35 bits per heavy atom. The lowest BCUT2D eigenvalue weighted by Gasteiger charge is -2.08. The number of hydrogen-bond acceptors (Lipinski definition) is 6. The van der Waals surface area contributed by atoms with E-state index in [2.05, 4.69) is 20.5 Å². The molecule has 0 unspecified atom stereocenters. The Labute approximate surface area is 121 Å². The average Bonchev–Trinajstić information content (AvgIpc) is 2.94. The third-order valence-corrected chi connectivity index (χ3v) is 3.45. The Balaban J connectivity index is 1.98. The highest BCUT2D eigenvalue weighted by atomic mass is 32.2. The second-order valence-corrected chi connectivity index (χ2v) is 5.46. The summed E-state index contributed by atoms with van der Waals surface area (Å²) in [4.78, 5) is 15.7. The molecule has 6 nitrogen and oxygen atoms in total. The number of rotatable bonds is 6. The van der Waals surface area contributed by atoms with Gasteiger partial charge in [-0.2, -0.15) is 0 Å². The highest BCUT2D eigenvalue weighted by Gasteiger charge is 2.18. The van der Waals surface area contributed by atoms with Crippen molar-refractivity contribution in [3.05, 3.63) is 24.5 Å². The molecular formula is C13H16N4O2S. The number of nitrogens with zero attached hydrogens (tertiary/aromatic N) is 3. The average molecular weight is 292 g/mol. The number of amides is 1. The van der Waals surface area contributed by atoms with Gasteiger partial charge in [-0.15, -0.1) is 10.2 Å². The van der Waals surface area contributed by atoms with E-state index in [1.54, 1.807) is 18.5 Å². The van der Waals surface area contributed by atoms with Gasteiger partial charge < -0.3 is 9.73 Å². The lowest BCUT2D eigenvalue weighted by molar-refractivity contribution is -0.120. The van der Waals surface area contributed by atoms with Crippen LogP contribution in [0, 0.1) is 0 Å². The fraction of sp³-hybridized carbons (Fsp3) is 0.385. The van der Waals surface area contributed by atoms with E-state index >= 15 is 0 Å². The fourth-order valence-electron chi connectivity index (χ4n) is 1.46. The number of hydrogen-bond donors (Lipinski definition) is 1. The van der Waals surface area contributed by atoms with Gasteiger partial charge >= 0.3 is 0 Å². The molecule has 0 radical (unpaired) electrons. The molecule has 1 amide bonds. The first kappa shape index (κ1) is 14.5. The maximum absolute atomic E-state index is 11.8. The van der Waals surface area contributed by atoms with E-state index in [-0.39, 0.29) is 11.2 Å². The first-order chi connectivity index (χ1) is 9.70. The molecule has 2 rings (SSSR count). The van der Waals surface area contributed by atoms with Gasteiger partial charge in [0, 0.05) is 18.9 Å². The monoisotopic (exact) mass is 292 g/mol. The summed E-state index contributed by atoms with van der Waals surface area (Å²) in [5.74, 6) is 0.375. The molecule has 1 N–H and O–H groups in total. The summed E-state index contributed by atoms with van der Waals surface area (Å²) < 4.78 is 5.52. The van der Waals surface area contributed by atoms with Crippen molar-refractivity contribution >= 4 is 17.7 Å². The van der Waals surface area contributed by atoms with Crippen LogP contribution in [0.15, 0.2) is 34.2 Å². The molecule has 0 fully saturated rings. The molecule has 0 aliphatic heterocycles. The summed E-state index contributed by atoms with van der Waals surface area (Å²) >= 11 is 1.24. The molecule has 0 aliphatic carbocycles. The Kier molecular flexibility index (Phi) is 5.11. The van der Waals surface area contributed by atoms with E-state index in [4.69, 9.17) is 4.42 Å². The summed E-state index contributed by atoms with van der Waals surface area (Å²) in [6, 6.07) is 3.64. The molecular weight excluding hydrogens is 276 g/mol. The molecule has 0 aromatic carbocycles. The normalized spacial score (nSPS) is 12.1.